The number of hydrogen-bond acceptors (Lipinski definition) is 5. The molecule has 0 N–H and O–H groups in total. The molecule has 1 atom stereocenters. The third-order valence-corrected chi connectivity index (χ3v) is 5.27. The van der Waals surface area contributed by atoms with Crippen molar-refractivity contribution in [3.05, 3.63) is 70.5 Å². The summed E-state index contributed by atoms with van der Waals surface area (Å²) >= 11 is 3.42. The fraction of sp³-hybridized carbons (Fsp3) is 0.286. The average Bonchev–Trinajstić information content (AvgIpc) is 3.39. The van der Waals surface area contributed by atoms with Crippen LogP contribution in [0.1, 0.15) is 30.3 Å². The van der Waals surface area contributed by atoms with Gasteiger partial charge in [0.2, 0.25) is 17.6 Å². The van der Waals surface area contributed by atoms with Crippen molar-refractivity contribution in [2.75, 3.05) is 13.2 Å². The van der Waals surface area contributed by atoms with Crippen LogP contribution in [-0.2, 0) is 16.1 Å². The molecule has 1 saturated heterocycles. The summed E-state index contributed by atoms with van der Waals surface area (Å²) in [5.74, 6) is 0.954. The van der Waals surface area contributed by atoms with Crippen molar-refractivity contribution in [1.29, 1.82) is 0 Å². The van der Waals surface area contributed by atoms with Gasteiger partial charge in [0, 0.05) is 16.6 Å². The minimum atomic E-state index is -0.190. The Bertz CT molecular complexity index is 928. The Hall–Kier alpha value is -2.51. The van der Waals surface area contributed by atoms with E-state index < -0.39 is 0 Å². The summed E-state index contributed by atoms with van der Waals surface area (Å²) in [7, 11) is 0. The van der Waals surface area contributed by atoms with Gasteiger partial charge in [-0.15, -0.1) is 0 Å². The Morgan fingerprint density at radius 1 is 1.18 bits per heavy atom. The molecule has 1 fully saturated rings. The van der Waals surface area contributed by atoms with Crippen LogP contribution in [0.5, 0.6) is 0 Å². The molecular weight excluding hydrogens is 422 g/mol. The van der Waals surface area contributed by atoms with Crippen LogP contribution in [0.2, 0.25) is 0 Å². The molecule has 28 heavy (non-hydrogen) atoms. The topological polar surface area (TPSA) is 68.5 Å². The van der Waals surface area contributed by atoms with E-state index in [4.69, 9.17) is 9.26 Å². The van der Waals surface area contributed by atoms with Gasteiger partial charge in [-0.1, -0.05) is 51.4 Å². The van der Waals surface area contributed by atoms with E-state index in [-0.39, 0.29) is 18.6 Å². The minimum Gasteiger partial charge on any atom is -0.367 e. The van der Waals surface area contributed by atoms with Gasteiger partial charge in [0.25, 0.3) is 0 Å². The van der Waals surface area contributed by atoms with E-state index in [1.807, 2.05) is 54.6 Å². The van der Waals surface area contributed by atoms with Crippen molar-refractivity contribution in [2.45, 2.75) is 25.5 Å². The quantitative estimate of drug-likeness (QED) is 0.567. The van der Waals surface area contributed by atoms with Gasteiger partial charge in [-0.05, 0) is 42.7 Å². The van der Waals surface area contributed by atoms with Crippen LogP contribution in [-0.4, -0.2) is 34.1 Å². The Morgan fingerprint density at radius 3 is 2.75 bits per heavy atom. The van der Waals surface area contributed by atoms with E-state index in [1.54, 1.807) is 4.90 Å². The van der Waals surface area contributed by atoms with Crippen LogP contribution in [0.3, 0.4) is 0 Å². The number of nitrogens with zero attached hydrogens (tertiary/aromatic N) is 3. The fourth-order valence-corrected chi connectivity index (χ4v) is 3.59. The zero-order chi connectivity index (χ0) is 19.3. The highest BCUT2D eigenvalue weighted by molar-refractivity contribution is 9.10. The van der Waals surface area contributed by atoms with E-state index in [1.165, 1.54) is 0 Å². The van der Waals surface area contributed by atoms with Crippen molar-refractivity contribution in [3.8, 4) is 11.4 Å². The fourth-order valence-electron chi connectivity index (χ4n) is 3.32. The first-order valence-corrected chi connectivity index (χ1v) is 10.0. The van der Waals surface area contributed by atoms with Crippen LogP contribution < -0.4 is 0 Å². The summed E-state index contributed by atoms with van der Waals surface area (Å²) in [6.45, 7) is 1.13. The van der Waals surface area contributed by atoms with Gasteiger partial charge < -0.3 is 14.2 Å². The molecule has 144 valence electrons. The highest BCUT2D eigenvalue weighted by atomic mass is 79.9. The summed E-state index contributed by atoms with van der Waals surface area (Å²) in [5, 5.41) is 4.09. The maximum atomic E-state index is 12.6. The largest absolute Gasteiger partial charge is 0.367 e. The van der Waals surface area contributed by atoms with E-state index >= 15 is 0 Å². The van der Waals surface area contributed by atoms with Crippen molar-refractivity contribution in [1.82, 2.24) is 15.0 Å². The third-order valence-electron chi connectivity index (χ3n) is 4.74. The lowest BCUT2D eigenvalue weighted by Crippen LogP contribution is -2.33. The number of amides is 1. The second-order valence-electron chi connectivity index (χ2n) is 6.69. The lowest BCUT2D eigenvalue weighted by atomic mass is 10.2. The summed E-state index contributed by atoms with van der Waals surface area (Å²) in [5.41, 5.74) is 1.92. The van der Waals surface area contributed by atoms with Gasteiger partial charge in [0.05, 0.1) is 6.61 Å². The lowest BCUT2D eigenvalue weighted by molar-refractivity contribution is -0.138. The molecule has 2 heterocycles. The Kier molecular flexibility index (Phi) is 5.83. The Balaban J connectivity index is 1.39. The van der Waals surface area contributed by atoms with Gasteiger partial charge in [-0.2, -0.15) is 4.98 Å². The van der Waals surface area contributed by atoms with Crippen LogP contribution in [0.25, 0.3) is 11.4 Å². The number of halogens is 1. The summed E-state index contributed by atoms with van der Waals surface area (Å²) in [6.07, 6.45) is 1.72. The number of benzene rings is 2. The van der Waals surface area contributed by atoms with Crippen molar-refractivity contribution in [2.24, 2.45) is 0 Å². The number of hydrogen-bond donors (Lipinski definition) is 0. The molecular formula is C21H20BrN3O3. The molecule has 0 spiro atoms. The summed E-state index contributed by atoms with van der Waals surface area (Å²) in [6, 6.07) is 17.3. The van der Waals surface area contributed by atoms with Gasteiger partial charge in [-0.25, -0.2) is 0 Å². The molecule has 1 amide bonds. The molecule has 0 aliphatic carbocycles. The Morgan fingerprint density at radius 2 is 1.96 bits per heavy atom. The molecule has 1 unspecified atom stereocenters. The van der Waals surface area contributed by atoms with Gasteiger partial charge in [-0.3, -0.25) is 4.79 Å². The predicted octanol–water partition coefficient (Wildman–Crippen LogP) is 4.38. The number of ether oxygens (including phenoxy) is 1. The minimum absolute atomic E-state index is 0.0408. The standard InChI is InChI=1S/C21H20BrN3O3/c22-17-10-8-16(9-11-17)20-23-21(28-24-20)18-7-4-12-25(18)19(26)14-27-13-15-5-2-1-3-6-15/h1-3,5-6,8-11,18H,4,7,12-14H2. The Labute approximate surface area is 171 Å². The van der Waals surface area contributed by atoms with Gasteiger partial charge in [0.15, 0.2) is 0 Å². The number of likely N-dealkylation sites (tertiary alicyclic amines) is 1. The molecule has 0 radical (unpaired) electrons. The smallest absolute Gasteiger partial charge is 0.249 e. The van der Waals surface area contributed by atoms with Crippen LogP contribution in [0, 0.1) is 0 Å². The monoisotopic (exact) mass is 441 g/mol. The first-order chi connectivity index (χ1) is 13.7. The molecule has 3 aromatic rings. The molecule has 7 heteroatoms. The average molecular weight is 442 g/mol. The lowest BCUT2D eigenvalue weighted by Gasteiger charge is -2.21. The second kappa shape index (κ2) is 8.67. The molecule has 2 aromatic carbocycles. The number of carbonyl (C=O) groups excluding carboxylic acids is 1. The highest BCUT2D eigenvalue weighted by Gasteiger charge is 2.34. The van der Waals surface area contributed by atoms with Crippen molar-refractivity contribution in [3.63, 3.8) is 0 Å². The van der Waals surface area contributed by atoms with E-state index in [9.17, 15) is 4.79 Å². The number of rotatable bonds is 6. The van der Waals surface area contributed by atoms with Gasteiger partial charge >= 0.3 is 0 Å². The highest BCUT2D eigenvalue weighted by Crippen LogP contribution is 2.32. The third kappa shape index (κ3) is 4.31. The molecule has 1 aliphatic rings. The SMILES string of the molecule is O=C(COCc1ccccc1)N1CCCC1c1nc(-c2ccc(Br)cc2)no1. The second-order valence-corrected chi connectivity index (χ2v) is 7.60. The summed E-state index contributed by atoms with van der Waals surface area (Å²) < 4.78 is 12.1. The maximum Gasteiger partial charge on any atom is 0.249 e. The van der Waals surface area contributed by atoms with Crippen molar-refractivity contribution < 1.29 is 14.1 Å². The zero-order valence-electron chi connectivity index (χ0n) is 15.3. The van der Waals surface area contributed by atoms with E-state index in [2.05, 4.69) is 26.1 Å². The molecule has 6 nitrogen and oxygen atoms in total. The normalized spacial score (nSPS) is 16.5. The zero-order valence-corrected chi connectivity index (χ0v) is 16.8. The molecule has 0 saturated carbocycles. The van der Waals surface area contributed by atoms with E-state index in [0.717, 1.165) is 28.4 Å². The predicted molar refractivity (Wildman–Crippen MR) is 107 cm³/mol. The molecule has 1 aromatic heterocycles. The first kappa shape index (κ1) is 18.8. The van der Waals surface area contributed by atoms with Crippen LogP contribution >= 0.6 is 15.9 Å². The van der Waals surface area contributed by atoms with Gasteiger partial charge in [0.1, 0.15) is 12.6 Å². The first-order valence-electron chi connectivity index (χ1n) is 9.21. The maximum absolute atomic E-state index is 12.6. The molecule has 1 aliphatic heterocycles. The molecule has 4 rings (SSSR count). The van der Waals surface area contributed by atoms with Crippen LogP contribution in [0.15, 0.2) is 63.6 Å². The molecule has 0 bridgehead atoms. The van der Waals surface area contributed by atoms with Crippen molar-refractivity contribution >= 4 is 21.8 Å². The number of carbonyl (C=O) groups is 1. The van der Waals surface area contributed by atoms with Crippen LogP contribution in [0.4, 0.5) is 0 Å². The summed E-state index contributed by atoms with van der Waals surface area (Å²) in [4.78, 5) is 18.9. The number of aromatic nitrogens is 2. The van der Waals surface area contributed by atoms with E-state index in [0.29, 0.717) is 24.9 Å².